The van der Waals surface area contributed by atoms with Gasteiger partial charge in [-0.1, -0.05) is 0 Å². The first-order chi connectivity index (χ1) is 9.63. The van der Waals surface area contributed by atoms with Gasteiger partial charge in [0.1, 0.15) is 5.82 Å². The number of hydrogen-bond donors (Lipinski definition) is 2. The van der Waals surface area contributed by atoms with Gasteiger partial charge in [-0.3, -0.25) is 0 Å². The number of esters is 1. The molecule has 1 aromatic rings. The summed E-state index contributed by atoms with van der Waals surface area (Å²) in [6, 6.07) is 2.31. The quantitative estimate of drug-likeness (QED) is 0.733. The van der Waals surface area contributed by atoms with E-state index in [0.717, 1.165) is 19.1 Å². The molecule has 0 aromatic carbocycles. The van der Waals surface area contributed by atoms with Crippen molar-refractivity contribution < 1.29 is 9.53 Å². The number of ether oxygens (including phenoxy) is 1. The monoisotopic (exact) mass is 278 g/mol. The molecule has 0 radical (unpaired) electrons. The van der Waals surface area contributed by atoms with Gasteiger partial charge in [0.05, 0.1) is 17.9 Å². The molecule has 0 atom stereocenters. The van der Waals surface area contributed by atoms with Crippen LogP contribution in [0.4, 0.5) is 11.5 Å². The molecule has 0 spiro atoms. The van der Waals surface area contributed by atoms with Crippen LogP contribution < -0.4 is 11.1 Å². The van der Waals surface area contributed by atoms with Crippen LogP contribution in [0.3, 0.4) is 0 Å². The predicted octanol–water partition coefficient (Wildman–Crippen LogP) is 1.35. The number of nitrogen functional groups attached to an aromatic ring is 1. The standard InChI is InChI=1S/C14H22N4O2/c1-3-20-14(19)11-6-7-16-13(12(11)15)17-8-9-18(2)10-4-5-10/h6-7,10H,3-5,8-9,15H2,1-2H3,(H,16,17). The van der Waals surface area contributed by atoms with Crippen LogP contribution in [0.15, 0.2) is 12.3 Å². The van der Waals surface area contributed by atoms with E-state index in [4.69, 9.17) is 10.5 Å². The Morgan fingerprint density at radius 1 is 1.60 bits per heavy atom. The summed E-state index contributed by atoms with van der Waals surface area (Å²) in [6.07, 6.45) is 4.14. The maximum atomic E-state index is 11.7. The summed E-state index contributed by atoms with van der Waals surface area (Å²) in [5.74, 6) is 0.130. The fourth-order valence-electron chi connectivity index (χ4n) is 2.05. The predicted molar refractivity (Wildman–Crippen MR) is 78.7 cm³/mol. The number of carbonyl (C=O) groups excluding carboxylic acids is 1. The van der Waals surface area contributed by atoms with Crippen molar-refractivity contribution in [3.8, 4) is 0 Å². The van der Waals surface area contributed by atoms with E-state index in [0.29, 0.717) is 23.7 Å². The molecular weight excluding hydrogens is 256 g/mol. The number of likely N-dealkylation sites (N-methyl/N-ethyl adjacent to an activating group) is 1. The molecule has 1 aliphatic rings. The van der Waals surface area contributed by atoms with E-state index in [-0.39, 0.29) is 0 Å². The Morgan fingerprint density at radius 3 is 3.00 bits per heavy atom. The minimum atomic E-state index is -0.412. The molecule has 0 saturated heterocycles. The number of anilines is 2. The summed E-state index contributed by atoms with van der Waals surface area (Å²) in [6.45, 7) is 3.77. The number of pyridine rings is 1. The summed E-state index contributed by atoms with van der Waals surface area (Å²) in [7, 11) is 2.12. The van der Waals surface area contributed by atoms with Crippen molar-refractivity contribution in [2.24, 2.45) is 0 Å². The van der Waals surface area contributed by atoms with Crippen LogP contribution in [0.1, 0.15) is 30.1 Å². The second-order valence-corrected chi connectivity index (χ2v) is 4.98. The fraction of sp³-hybridized carbons (Fsp3) is 0.571. The van der Waals surface area contributed by atoms with Crippen molar-refractivity contribution in [1.82, 2.24) is 9.88 Å². The number of aromatic nitrogens is 1. The van der Waals surface area contributed by atoms with Crippen LogP contribution >= 0.6 is 0 Å². The van der Waals surface area contributed by atoms with E-state index >= 15 is 0 Å². The maximum absolute atomic E-state index is 11.7. The van der Waals surface area contributed by atoms with Crippen molar-refractivity contribution in [3.05, 3.63) is 17.8 Å². The molecule has 1 aliphatic carbocycles. The fourth-order valence-corrected chi connectivity index (χ4v) is 2.05. The normalized spacial score (nSPS) is 14.3. The third-order valence-corrected chi connectivity index (χ3v) is 3.41. The Labute approximate surface area is 119 Å². The number of hydrogen-bond acceptors (Lipinski definition) is 6. The van der Waals surface area contributed by atoms with Crippen LogP contribution in [-0.2, 0) is 4.74 Å². The molecule has 6 heteroatoms. The van der Waals surface area contributed by atoms with Crippen LogP contribution in [0.2, 0.25) is 0 Å². The minimum absolute atomic E-state index is 0.329. The summed E-state index contributed by atoms with van der Waals surface area (Å²) in [4.78, 5) is 18.2. The second kappa shape index (κ2) is 6.56. The Balaban J connectivity index is 1.93. The summed E-state index contributed by atoms with van der Waals surface area (Å²) >= 11 is 0. The van der Waals surface area contributed by atoms with Crippen molar-refractivity contribution in [2.45, 2.75) is 25.8 Å². The van der Waals surface area contributed by atoms with Crippen molar-refractivity contribution in [2.75, 3.05) is 37.8 Å². The van der Waals surface area contributed by atoms with E-state index in [9.17, 15) is 4.79 Å². The average molecular weight is 278 g/mol. The molecule has 1 saturated carbocycles. The molecule has 1 heterocycles. The topological polar surface area (TPSA) is 80.5 Å². The number of nitrogens with zero attached hydrogens (tertiary/aromatic N) is 2. The molecule has 0 bridgehead atoms. The molecule has 1 aromatic heterocycles. The van der Waals surface area contributed by atoms with E-state index in [2.05, 4.69) is 22.2 Å². The maximum Gasteiger partial charge on any atom is 0.340 e. The highest BCUT2D eigenvalue weighted by Crippen LogP contribution is 2.25. The largest absolute Gasteiger partial charge is 0.462 e. The van der Waals surface area contributed by atoms with Gasteiger partial charge in [-0.2, -0.15) is 0 Å². The van der Waals surface area contributed by atoms with Crippen molar-refractivity contribution >= 4 is 17.5 Å². The first kappa shape index (κ1) is 14.6. The number of nitrogens with two attached hydrogens (primary N) is 1. The zero-order valence-corrected chi connectivity index (χ0v) is 12.1. The Bertz CT molecular complexity index is 474. The van der Waals surface area contributed by atoms with Crippen molar-refractivity contribution in [1.29, 1.82) is 0 Å². The zero-order chi connectivity index (χ0) is 14.5. The minimum Gasteiger partial charge on any atom is -0.462 e. The van der Waals surface area contributed by atoms with Crippen LogP contribution in [0, 0.1) is 0 Å². The number of rotatable bonds is 7. The van der Waals surface area contributed by atoms with Crippen LogP contribution in [0.5, 0.6) is 0 Å². The molecular formula is C14H22N4O2. The van der Waals surface area contributed by atoms with E-state index in [1.165, 1.54) is 12.8 Å². The third kappa shape index (κ3) is 3.60. The van der Waals surface area contributed by atoms with Gasteiger partial charge in [-0.25, -0.2) is 9.78 Å². The molecule has 3 N–H and O–H groups in total. The smallest absolute Gasteiger partial charge is 0.340 e. The summed E-state index contributed by atoms with van der Waals surface area (Å²) in [5.41, 5.74) is 6.67. The Hall–Kier alpha value is -1.82. The highest BCUT2D eigenvalue weighted by molar-refractivity contribution is 5.97. The summed E-state index contributed by atoms with van der Waals surface area (Å²) in [5, 5.41) is 3.18. The van der Waals surface area contributed by atoms with Gasteiger partial charge in [0.25, 0.3) is 0 Å². The highest BCUT2D eigenvalue weighted by atomic mass is 16.5. The molecule has 6 nitrogen and oxygen atoms in total. The first-order valence-electron chi connectivity index (χ1n) is 6.99. The highest BCUT2D eigenvalue weighted by Gasteiger charge is 2.25. The van der Waals surface area contributed by atoms with Gasteiger partial charge in [-0.05, 0) is 32.9 Å². The molecule has 2 rings (SSSR count). The third-order valence-electron chi connectivity index (χ3n) is 3.41. The molecule has 110 valence electrons. The molecule has 1 fully saturated rings. The van der Waals surface area contributed by atoms with Crippen LogP contribution in [-0.4, -0.2) is 48.6 Å². The SMILES string of the molecule is CCOC(=O)c1ccnc(NCCN(C)C2CC2)c1N. The molecule has 0 amide bonds. The van der Waals surface area contributed by atoms with Gasteiger partial charge < -0.3 is 20.7 Å². The Morgan fingerprint density at radius 2 is 2.35 bits per heavy atom. The van der Waals surface area contributed by atoms with Gasteiger partial charge in [0.15, 0.2) is 0 Å². The molecule has 20 heavy (non-hydrogen) atoms. The van der Waals surface area contributed by atoms with Gasteiger partial charge >= 0.3 is 5.97 Å². The van der Waals surface area contributed by atoms with Gasteiger partial charge in [0, 0.05) is 25.3 Å². The first-order valence-corrected chi connectivity index (χ1v) is 6.99. The second-order valence-electron chi connectivity index (χ2n) is 4.98. The lowest BCUT2D eigenvalue weighted by molar-refractivity contribution is 0.0527. The Kier molecular flexibility index (Phi) is 4.79. The van der Waals surface area contributed by atoms with Gasteiger partial charge in [-0.15, -0.1) is 0 Å². The lowest BCUT2D eigenvalue weighted by Crippen LogP contribution is -2.27. The average Bonchev–Trinajstić information content (AvgIpc) is 3.25. The molecule has 0 aliphatic heterocycles. The van der Waals surface area contributed by atoms with Crippen molar-refractivity contribution in [3.63, 3.8) is 0 Å². The van der Waals surface area contributed by atoms with Gasteiger partial charge in [0.2, 0.25) is 0 Å². The lowest BCUT2D eigenvalue weighted by Gasteiger charge is -2.17. The number of nitrogens with one attached hydrogen (secondary N) is 1. The van der Waals surface area contributed by atoms with Crippen LogP contribution in [0.25, 0.3) is 0 Å². The molecule has 0 unspecified atom stereocenters. The number of carbonyl (C=O) groups is 1. The summed E-state index contributed by atoms with van der Waals surface area (Å²) < 4.78 is 4.96. The lowest BCUT2D eigenvalue weighted by atomic mass is 10.2. The van der Waals surface area contributed by atoms with E-state index in [1.807, 2.05) is 0 Å². The van der Waals surface area contributed by atoms with E-state index < -0.39 is 5.97 Å². The zero-order valence-electron chi connectivity index (χ0n) is 12.1. The van der Waals surface area contributed by atoms with E-state index in [1.54, 1.807) is 19.2 Å².